The average Bonchev–Trinajstić information content (AvgIpc) is 2.80. The van der Waals surface area contributed by atoms with Gasteiger partial charge in [-0.3, -0.25) is 0 Å². The average molecular weight is 417 g/mol. The molecule has 6 heteroatoms. The predicted octanol–water partition coefficient (Wildman–Crippen LogP) is 6.06. The Bertz CT molecular complexity index is 578. The molecule has 0 nitrogen and oxygen atoms in total. The second kappa shape index (κ2) is 6.01. The van der Waals surface area contributed by atoms with Crippen LogP contribution in [0.1, 0.15) is 11.1 Å². The lowest BCUT2D eigenvalue weighted by Crippen LogP contribution is -2.04. The molecule has 102 valence electrons. The normalized spacial score (nSPS) is 11.8. The maximum Gasteiger partial charge on any atom is 0.417 e. The maximum atomic E-state index is 12.8. The van der Waals surface area contributed by atoms with Crippen LogP contribution in [0.25, 0.3) is 10.4 Å². The lowest BCUT2D eigenvalue weighted by atomic mass is 10.1. The zero-order chi connectivity index (χ0) is 14.0. The molecule has 0 fully saturated rings. The first kappa shape index (κ1) is 15.1. The van der Waals surface area contributed by atoms with Crippen LogP contribution < -0.4 is 0 Å². The molecule has 0 spiro atoms. The molecular formula is C13H9ClF3IS. The van der Waals surface area contributed by atoms with Gasteiger partial charge in [0.1, 0.15) is 0 Å². The van der Waals surface area contributed by atoms with E-state index in [9.17, 15) is 13.2 Å². The molecule has 0 amide bonds. The van der Waals surface area contributed by atoms with E-state index in [4.69, 9.17) is 11.6 Å². The van der Waals surface area contributed by atoms with Gasteiger partial charge in [0.2, 0.25) is 0 Å². The van der Waals surface area contributed by atoms with Gasteiger partial charge in [0.25, 0.3) is 0 Å². The largest absolute Gasteiger partial charge is 0.417 e. The standard InChI is InChI=1S/C13H9ClF3IS/c14-11-7-9(2-1-8(11)3-5-18)12-10(4-6-19-12)13(15,16)17/h1-2,4,6-7H,3,5H2. The number of hydrogen-bond donors (Lipinski definition) is 0. The summed E-state index contributed by atoms with van der Waals surface area (Å²) in [6, 6.07) is 6.22. The van der Waals surface area contributed by atoms with E-state index in [0.717, 1.165) is 33.8 Å². The highest BCUT2D eigenvalue weighted by molar-refractivity contribution is 14.1. The highest BCUT2D eigenvalue weighted by Crippen LogP contribution is 2.41. The van der Waals surface area contributed by atoms with Crippen LogP contribution in [0.15, 0.2) is 29.6 Å². The summed E-state index contributed by atoms with van der Waals surface area (Å²) < 4.78 is 39.4. The lowest BCUT2D eigenvalue weighted by Gasteiger charge is -2.09. The van der Waals surface area contributed by atoms with Gasteiger partial charge in [0.05, 0.1) is 5.56 Å². The molecule has 19 heavy (non-hydrogen) atoms. The first-order valence-corrected chi connectivity index (χ1v) is 8.21. The lowest BCUT2D eigenvalue weighted by molar-refractivity contribution is -0.136. The van der Waals surface area contributed by atoms with E-state index in [0.29, 0.717) is 10.6 Å². The van der Waals surface area contributed by atoms with Gasteiger partial charge < -0.3 is 0 Å². The Kier molecular flexibility index (Phi) is 4.79. The van der Waals surface area contributed by atoms with Crippen molar-refractivity contribution in [1.29, 1.82) is 0 Å². The number of aryl methyl sites for hydroxylation is 1. The summed E-state index contributed by atoms with van der Waals surface area (Å²) in [4.78, 5) is 0.218. The van der Waals surface area contributed by atoms with Crippen molar-refractivity contribution in [3.8, 4) is 10.4 Å². The molecule has 0 N–H and O–H groups in total. The van der Waals surface area contributed by atoms with E-state index in [1.54, 1.807) is 18.2 Å². The molecule has 1 heterocycles. The second-order valence-electron chi connectivity index (χ2n) is 3.91. The van der Waals surface area contributed by atoms with Crippen molar-refractivity contribution in [3.05, 3.63) is 45.8 Å². The molecule has 0 bridgehead atoms. The zero-order valence-electron chi connectivity index (χ0n) is 9.60. The number of halogens is 5. The van der Waals surface area contributed by atoms with E-state index in [2.05, 4.69) is 22.6 Å². The summed E-state index contributed by atoms with van der Waals surface area (Å²) in [6.07, 6.45) is -3.51. The van der Waals surface area contributed by atoms with Crippen molar-refractivity contribution in [3.63, 3.8) is 0 Å². The van der Waals surface area contributed by atoms with Gasteiger partial charge in [-0.15, -0.1) is 11.3 Å². The number of alkyl halides is 4. The third-order valence-corrected chi connectivity index (χ3v) is 4.50. The summed E-state index contributed by atoms with van der Waals surface area (Å²) in [5.74, 6) is 0. The van der Waals surface area contributed by atoms with Crippen LogP contribution in [0.5, 0.6) is 0 Å². The number of thiophene rings is 1. The van der Waals surface area contributed by atoms with Crippen LogP contribution in [0.3, 0.4) is 0 Å². The predicted molar refractivity (Wildman–Crippen MR) is 82.4 cm³/mol. The smallest absolute Gasteiger partial charge is 0.166 e. The molecule has 2 aromatic rings. The summed E-state index contributed by atoms with van der Waals surface area (Å²) in [5.41, 5.74) is 0.879. The molecule has 0 saturated carbocycles. The molecule has 2 rings (SSSR count). The van der Waals surface area contributed by atoms with Gasteiger partial charge >= 0.3 is 6.18 Å². The summed E-state index contributed by atoms with van der Waals surface area (Å²) in [6.45, 7) is 0. The van der Waals surface area contributed by atoms with E-state index in [1.807, 2.05) is 0 Å². The topological polar surface area (TPSA) is 0 Å². The van der Waals surface area contributed by atoms with Crippen LogP contribution in [0, 0.1) is 0 Å². The molecule has 0 saturated heterocycles. The summed E-state index contributed by atoms with van der Waals surface area (Å²) in [7, 11) is 0. The Hall–Kier alpha value is -0.270. The van der Waals surface area contributed by atoms with Crippen LogP contribution in [-0.4, -0.2) is 4.43 Å². The number of benzene rings is 1. The van der Waals surface area contributed by atoms with Gasteiger partial charge in [-0.05, 0) is 35.1 Å². The molecule has 1 aromatic heterocycles. The summed E-state index contributed by atoms with van der Waals surface area (Å²) >= 11 is 9.43. The highest BCUT2D eigenvalue weighted by atomic mass is 127. The van der Waals surface area contributed by atoms with E-state index in [1.165, 1.54) is 5.38 Å². The molecule has 0 aliphatic carbocycles. The van der Waals surface area contributed by atoms with Gasteiger partial charge in [0, 0.05) is 14.3 Å². The van der Waals surface area contributed by atoms with Crippen LogP contribution in [0.2, 0.25) is 5.02 Å². The van der Waals surface area contributed by atoms with Crippen LogP contribution in [-0.2, 0) is 12.6 Å². The fourth-order valence-corrected chi connectivity index (χ4v) is 3.52. The van der Waals surface area contributed by atoms with Gasteiger partial charge in [0.15, 0.2) is 0 Å². The van der Waals surface area contributed by atoms with Crippen molar-refractivity contribution >= 4 is 45.5 Å². The fourth-order valence-electron chi connectivity index (χ4n) is 1.75. The fraction of sp³-hybridized carbons (Fsp3) is 0.231. The minimum Gasteiger partial charge on any atom is -0.166 e. The van der Waals surface area contributed by atoms with Crippen molar-refractivity contribution in [2.24, 2.45) is 0 Å². The minimum absolute atomic E-state index is 0.218. The Balaban J connectivity index is 2.43. The quantitative estimate of drug-likeness (QED) is 0.421. The molecule has 0 unspecified atom stereocenters. The number of hydrogen-bond acceptors (Lipinski definition) is 1. The van der Waals surface area contributed by atoms with Crippen molar-refractivity contribution in [2.45, 2.75) is 12.6 Å². The first-order valence-electron chi connectivity index (χ1n) is 5.43. The third kappa shape index (κ3) is 3.44. The van der Waals surface area contributed by atoms with Crippen LogP contribution in [0.4, 0.5) is 13.2 Å². The maximum absolute atomic E-state index is 12.8. The Labute approximate surface area is 131 Å². The second-order valence-corrected chi connectivity index (χ2v) is 6.31. The summed E-state index contributed by atoms with van der Waals surface area (Å²) in [5, 5.41) is 1.97. The first-order chi connectivity index (χ1) is 8.93. The molecule has 0 aliphatic rings. The molecule has 0 atom stereocenters. The highest BCUT2D eigenvalue weighted by Gasteiger charge is 2.34. The SMILES string of the molecule is FC(F)(F)c1ccsc1-c1ccc(CCI)c(Cl)c1. The number of rotatable bonds is 3. The van der Waals surface area contributed by atoms with Gasteiger partial charge in [-0.1, -0.05) is 46.3 Å². The zero-order valence-corrected chi connectivity index (χ0v) is 13.3. The molecule has 0 radical (unpaired) electrons. The van der Waals surface area contributed by atoms with E-state index >= 15 is 0 Å². The van der Waals surface area contributed by atoms with Gasteiger partial charge in [-0.25, -0.2) is 0 Å². The van der Waals surface area contributed by atoms with Crippen molar-refractivity contribution in [2.75, 3.05) is 4.43 Å². The van der Waals surface area contributed by atoms with E-state index in [-0.39, 0.29) is 4.88 Å². The minimum atomic E-state index is -4.33. The molecule has 1 aromatic carbocycles. The molecular weight excluding hydrogens is 408 g/mol. The van der Waals surface area contributed by atoms with Crippen molar-refractivity contribution < 1.29 is 13.2 Å². The van der Waals surface area contributed by atoms with Crippen LogP contribution >= 0.6 is 45.5 Å². The monoisotopic (exact) mass is 416 g/mol. The van der Waals surface area contributed by atoms with E-state index < -0.39 is 11.7 Å². The third-order valence-electron chi connectivity index (χ3n) is 2.65. The van der Waals surface area contributed by atoms with Gasteiger partial charge in [-0.2, -0.15) is 13.2 Å². The van der Waals surface area contributed by atoms with Crippen molar-refractivity contribution in [1.82, 2.24) is 0 Å². The Morgan fingerprint density at radius 3 is 2.53 bits per heavy atom. The molecule has 0 aliphatic heterocycles. The Morgan fingerprint density at radius 1 is 1.21 bits per heavy atom. The Morgan fingerprint density at radius 2 is 1.95 bits per heavy atom.